The van der Waals surface area contributed by atoms with Gasteiger partial charge in [0.15, 0.2) is 0 Å². The number of hydrogen-bond donors (Lipinski definition) is 2. The first-order valence-corrected chi connectivity index (χ1v) is 4.57. The SMILES string of the molecule is Nc1ncsc1C(S)COC=O. The lowest BCUT2D eigenvalue weighted by Crippen LogP contribution is -2.02. The zero-order chi connectivity index (χ0) is 8.97. The molecule has 0 aliphatic carbocycles. The molecule has 2 N–H and O–H groups in total. The minimum absolute atomic E-state index is 0.178. The van der Waals surface area contributed by atoms with E-state index in [1.54, 1.807) is 5.51 Å². The van der Waals surface area contributed by atoms with E-state index < -0.39 is 0 Å². The molecule has 1 unspecified atom stereocenters. The highest BCUT2D eigenvalue weighted by Crippen LogP contribution is 2.28. The summed E-state index contributed by atoms with van der Waals surface area (Å²) in [6.07, 6.45) is 0. The molecule has 0 fully saturated rings. The summed E-state index contributed by atoms with van der Waals surface area (Å²) in [4.78, 5) is 14.5. The van der Waals surface area contributed by atoms with E-state index in [1.807, 2.05) is 0 Å². The molecule has 0 aliphatic heterocycles. The highest BCUT2D eigenvalue weighted by molar-refractivity contribution is 7.80. The molecule has 1 heterocycles. The molecule has 0 radical (unpaired) electrons. The number of anilines is 1. The molecule has 0 saturated heterocycles. The number of nitrogen functional groups attached to an aromatic ring is 1. The van der Waals surface area contributed by atoms with Crippen molar-refractivity contribution in [1.29, 1.82) is 0 Å². The van der Waals surface area contributed by atoms with Crippen molar-refractivity contribution >= 4 is 36.3 Å². The number of ether oxygens (including phenoxy) is 1. The molecule has 1 atom stereocenters. The fraction of sp³-hybridized carbons (Fsp3) is 0.333. The molecule has 0 aromatic carbocycles. The Morgan fingerprint density at radius 2 is 2.67 bits per heavy atom. The van der Waals surface area contributed by atoms with E-state index in [0.29, 0.717) is 12.3 Å². The summed E-state index contributed by atoms with van der Waals surface area (Å²) in [7, 11) is 0. The molecule has 0 spiro atoms. The second-order valence-corrected chi connectivity index (χ2v) is 3.56. The zero-order valence-corrected chi connectivity index (χ0v) is 7.85. The average Bonchev–Trinajstić information content (AvgIpc) is 2.47. The van der Waals surface area contributed by atoms with Gasteiger partial charge in [-0.05, 0) is 0 Å². The van der Waals surface area contributed by atoms with Crippen LogP contribution in [0.5, 0.6) is 0 Å². The summed E-state index contributed by atoms with van der Waals surface area (Å²) in [6.45, 7) is 0.611. The minimum Gasteiger partial charge on any atom is -0.466 e. The first-order valence-electron chi connectivity index (χ1n) is 3.18. The van der Waals surface area contributed by atoms with Crippen LogP contribution in [-0.4, -0.2) is 18.1 Å². The van der Waals surface area contributed by atoms with Gasteiger partial charge in [0.05, 0.1) is 15.6 Å². The first kappa shape index (κ1) is 9.34. The Hall–Kier alpha value is -0.750. The molecular formula is C6H8N2O2S2. The van der Waals surface area contributed by atoms with Gasteiger partial charge in [0, 0.05) is 0 Å². The largest absolute Gasteiger partial charge is 0.466 e. The molecule has 1 rings (SSSR count). The molecule has 1 aromatic rings. The summed E-state index contributed by atoms with van der Waals surface area (Å²) < 4.78 is 4.54. The minimum atomic E-state index is -0.178. The molecule has 0 bridgehead atoms. The molecule has 4 nitrogen and oxygen atoms in total. The third kappa shape index (κ3) is 2.12. The predicted octanol–water partition coefficient (Wildman–Crippen LogP) is 0.869. The first-order chi connectivity index (χ1) is 5.75. The highest BCUT2D eigenvalue weighted by Gasteiger charge is 2.12. The zero-order valence-electron chi connectivity index (χ0n) is 6.14. The van der Waals surface area contributed by atoms with E-state index in [1.165, 1.54) is 11.3 Å². The van der Waals surface area contributed by atoms with Crippen molar-refractivity contribution < 1.29 is 9.53 Å². The van der Waals surface area contributed by atoms with Crippen molar-refractivity contribution in [2.45, 2.75) is 5.25 Å². The molecule has 0 amide bonds. The van der Waals surface area contributed by atoms with E-state index in [4.69, 9.17) is 5.73 Å². The van der Waals surface area contributed by atoms with Gasteiger partial charge in [-0.2, -0.15) is 12.6 Å². The van der Waals surface area contributed by atoms with Gasteiger partial charge in [-0.25, -0.2) is 4.98 Å². The normalized spacial score (nSPS) is 12.4. The average molecular weight is 204 g/mol. The number of carbonyl (C=O) groups is 1. The number of carbonyl (C=O) groups excluding carboxylic acids is 1. The number of rotatable bonds is 4. The van der Waals surface area contributed by atoms with Crippen molar-refractivity contribution in [2.24, 2.45) is 0 Å². The van der Waals surface area contributed by atoms with Crippen LogP contribution in [-0.2, 0) is 9.53 Å². The summed E-state index contributed by atoms with van der Waals surface area (Å²) in [5.74, 6) is 0.453. The quantitative estimate of drug-likeness (QED) is 0.564. The lowest BCUT2D eigenvalue weighted by molar-refractivity contribution is -0.128. The molecular weight excluding hydrogens is 196 g/mol. The Balaban J connectivity index is 2.58. The van der Waals surface area contributed by atoms with E-state index in [9.17, 15) is 4.79 Å². The standard InChI is InChI=1S/C6H8N2O2S2/c7-6-5(12-2-8-6)4(11)1-10-3-9/h2-4,11H,1,7H2. The van der Waals surface area contributed by atoms with Crippen LogP contribution < -0.4 is 5.73 Å². The van der Waals surface area contributed by atoms with Gasteiger partial charge < -0.3 is 10.5 Å². The number of aromatic nitrogens is 1. The van der Waals surface area contributed by atoms with Crippen LogP contribution in [0.3, 0.4) is 0 Å². The molecule has 66 valence electrons. The summed E-state index contributed by atoms with van der Waals surface area (Å²) in [5, 5.41) is -0.178. The van der Waals surface area contributed by atoms with E-state index in [0.717, 1.165) is 4.88 Å². The number of thiol groups is 1. The number of hydrogen-bond acceptors (Lipinski definition) is 6. The Morgan fingerprint density at radius 3 is 3.17 bits per heavy atom. The highest BCUT2D eigenvalue weighted by atomic mass is 32.1. The lowest BCUT2D eigenvalue weighted by Gasteiger charge is -2.06. The molecule has 0 aliphatic rings. The van der Waals surface area contributed by atoms with Gasteiger partial charge in [-0.15, -0.1) is 11.3 Å². The topological polar surface area (TPSA) is 65.2 Å². The maximum Gasteiger partial charge on any atom is 0.293 e. The summed E-state index contributed by atoms with van der Waals surface area (Å²) in [6, 6.07) is 0. The van der Waals surface area contributed by atoms with Gasteiger partial charge in [0.1, 0.15) is 12.4 Å². The fourth-order valence-electron chi connectivity index (χ4n) is 0.719. The van der Waals surface area contributed by atoms with Crippen LogP contribution >= 0.6 is 24.0 Å². The molecule has 1 aromatic heterocycles. The van der Waals surface area contributed by atoms with Crippen molar-refractivity contribution in [3.63, 3.8) is 0 Å². The molecule has 0 saturated carbocycles. The fourth-order valence-corrected chi connectivity index (χ4v) is 1.80. The van der Waals surface area contributed by atoms with E-state index in [2.05, 4.69) is 22.3 Å². The number of nitrogens with two attached hydrogens (primary N) is 1. The maximum atomic E-state index is 9.86. The van der Waals surface area contributed by atoms with Crippen molar-refractivity contribution in [1.82, 2.24) is 4.98 Å². The Kier molecular flexibility index (Phi) is 3.36. The van der Waals surface area contributed by atoms with Gasteiger partial charge in [0.2, 0.25) is 0 Å². The Labute approximate surface area is 79.2 Å². The van der Waals surface area contributed by atoms with E-state index >= 15 is 0 Å². The Morgan fingerprint density at radius 1 is 1.92 bits per heavy atom. The summed E-state index contributed by atoms with van der Waals surface area (Å²) >= 11 is 5.60. The van der Waals surface area contributed by atoms with Crippen LogP contribution in [0.25, 0.3) is 0 Å². The van der Waals surface area contributed by atoms with Crippen molar-refractivity contribution in [2.75, 3.05) is 12.3 Å². The smallest absolute Gasteiger partial charge is 0.293 e. The second kappa shape index (κ2) is 4.32. The summed E-state index contributed by atoms with van der Waals surface area (Å²) in [5.41, 5.74) is 7.15. The molecule has 6 heteroatoms. The predicted molar refractivity (Wildman–Crippen MR) is 50.3 cm³/mol. The van der Waals surface area contributed by atoms with E-state index in [-0.39, 0.29) is 11.9 Å². The van der Waals surface area contributed by atoms with Crippen LogP contribution in [0.1, 0.15) is 10.1 Å². The van der Waals surface area contributed by atoms with Crippen LogP contribution in [0.15, 0.2) is 5.51 Å². The van der Waals surface area contributed by atoms with Gasteiger partial charge >= 0.3 is 0 Å². The van der Waals surface area contributed by atoms with Crippen molar-refractivity contribution in [3.8, 4) is 0 Å². The van der Waals surface area contributed by atoms with Crippen LogP contribution in [0.2, 0.25) is 0 Å². The number of nitrogens with zero attached hydrogens (tertiary/aromatic N) is 1. The molecule has 12 heavy (non-hydrogen) atoms. The maximum absolute atomic E-state index is 9.86. The van der Waals surface area contributed by atoms with Gasteiger partial charge in [-0.3, -0.25) is 4.79 Å². The third-order valence-electron chi connectivity index (χ3n) is 1.25. The van der Waals surface area contributed by atoms with Gasteiger partial charge in [-0.1, -0.05) is 0 Å². The van der Waals surface area contributed by atoms with Crippen LogP contribution in [0, 0.1) is 0 Å². The number of thiazole rings is 1. The third-order valence-corrected chi connectivity index (χ3v) is 2.79. The Bertz CT molecular complexity index is 264. The van der Waals surface area contributed by atoms with Crippen molar-refractivity contribution in [3.05, 3.63) is 10.4 Å². The lowest BCUT2D eigenvalue weighted by atomic mass is 10.3. The van der Waals surface area contributed by atoms with Gasteiger partial charge in [0.25, 0.3) is 6.47 Å². The second-order valence-electron chi connectivity index (χ2n) is 2.05. The van der Waals surface area contributed by atoms with Crippen LogP contribution in [0.4, 0.5) is 5.82 Å². The monoisotopic (exact) mass is 204 g/mol.